The van der Waals surface area contributed by atoms with Crippen molar-refractivity contribution in [3.63, 3.8) is 0 Å². The molecule has 0 amide bonds. The van der Waals surface area contributed by atoms with Gasteiger partial charge in [-0.3, -0.25) is 4.79 Å². The molecule has 6 heteroatoms. The zero-order valence-electron chi connectivity index (χ0n) is 18.8. The fourth-order valence-electron chi connectivity index (χ4n) is 3.28. The third-order valence-corrected chi connectivity index (χ3v) is 5.54. The number of carbonyl (C=O) groups excluding carboxylic acids is 1. The fourth-order valence-corrected chi connectivity index (χ4v) is 3.39. The van der Waals surface area contributed by atoms with Crippen molar-refractivity contribution in [3.05, 3.63) is 59.7 Å². The normalized spacial score (nSPS) is 13.4. The van der Waals surface area contributed by atoms with Crippen molar-refractivity contribution in [2.24, 2.45) is 0 Å². The number of alkyl halides is 1. The Morgan fingerprint density at radius 3 is 1.97 bits per heavy atom. The first kappa shape index (κ1) is 25.0. The van der Waals surface area contributed by atoms with Gasteiger partial charge in [0.05, 0.1) is 6.61 Å². The summed E-state index contributed by atoms with van der Waals surface area (Å²) in [5.41, 5.74) is 2.12. The molecule has 2 aromatic rings. The zero-order chi connectivity index (χ0) is 22.9. The number of esters is 1. The summed E-state index contributed by atoms with van der Waals surface area (Å²) in [4.78, 5) is 11.1. The Bertz CT molecular complexity index is 802. The molecule has 0 fully saturated rings. The van der Waals surface area contributed by atoms with E-state index in [0.717, 1.165) is 17.7 Å². The Morgan fingerprint density at radius 2 is 1.52 bits per heavy atom. The number of aliphatic hydroxyl groups excluding tert-OH is 1. The van der Waals surface area contributed by atoms with Crippen LogP contribution in [0, 0.1) is 0 Å². The van der Waals surface area contributed by atoms with E-state index in [0.29, 0.717) is 24.7 Å². The van der Waals surface area contributed by atoms with Gasteiger partial charge in [-0.25, -0.2) is 0 Å². The van der Waals surface area contributed by atoms with E-state index < -0.39 is 18.2 Å². The molecular formula is C25H33ClO5. The molecule has 5 nitrogen and oxygen atoms in total. The maximum Gasteiger partial charge on any atom is 0.302 e. The van der Waals surface area contributed by atoms with Crippen LogP contribution in [0.1, 0.15) is 51.7 Å². The lowest BCUT2D eigenvalue weighted by molar-refractivity contribution is -0.153. The summed E-state index contributed by atoms with van der Waals surface area (Å²) in [6.45, 7) is 8.19. The lowest BCUT2D eigenvalue weighted by Crippen LogP contribution is -2.34. The molecule has 1 N–H and O–H groups in total. The summed E-state index contributed by atoms with van der Waals surface area (Å²) in [5.74, 6) is 1.67. The Morgan fingerprint density at radius 1 is 1.00 bits per heavy atom. The second-order valence-electron chi connectivity index (χ2n) is 8.00. The van der Waals surface area contributed by atoms with Gasteiger partial charge in [-0.1, -0.05) is 45.0 Å². The summed E-state index contributed by atoms with van der Waals surface area (Å²) < 4.78 is 16.5. The van der Waals surface area contributed by atoms with Crippen molar-refractivity contribution in [1.82, 2.24) is 0 Å². The van der Waals surface area contributed by atoms with Crippen molar-refractivity contribution in [2.75, 3.05) is 19.1 Å². The van der Waals surface area contributed by atoms with Crippen molar-refractivity contribution in [1.29, 1.82) is 0 Å². The first-order chi connectivity index (χ1) is 14.8. The van der Waals surface area contributed by atoms with Crippen LogP contribution < -0.4 is 9.47 Å². The predicted molar refractivity (Wildman–Crippen MR) is 123 cm³/mol. The molecule has 0 aliphatic heterocycles. The van der Waals surface area contributed by atoms with Gasteiger partial charge in [0, 0.05) is 18.2 Å². The highest BCUT2D eigenvalue weighted by atomic mass is 35.5. The molecule has 0 heterocycles. The molecule has 0 saturated carbocycles. The van der Waals surface area contributed by atoms with Crippen LogP contribution in [0.15, 0.2) is 48.5 Å². The molecule has 0 radical (unpaired) electrons. The van der Waals surface area contributed by atoms with Gasteiger partial charge in [0.25, 0.3) is 0 Å². The summed E-state index contributed by atoms with van der Waals surface area (Å²) in [6, 6.07) is 16.0. The lowest BCUT2D eigenvalue weighted by atomic mass is 9.78. The minimum atomic E-state index is -0.879. The number of hydrogen-bond donors (Lipinski definition) is 1. The van der Waals surface area contributed by atoms with Crippen molar-refractivity contribution < 1.29 is 24.1 Å². The van der Waals surface area contributed by atoms with Crippen LogP contribution in [0.3, 0.4) is 0 Å². The quantitative estimate of drug-likeness (QED) is 0.278. The highest BCUT2D eigenvalue weighted by Gasteiger charge is 2.24. The number of carbonyl (C=O) groups is 1. The maximum atomic E-state index is 11.1. The SMILES string of the molecule is CCC(OC(C)=O)C(O)COc1ccc(C(C)(C)c2ccc(OCCCCl)cc2)cc1. The molecule has 0 aromatic heterocycles. The fraction of sp³-hybridized carbons (Fsp3) is 0.480. The standard InChI is InChI=1S/C25H33ClO5/c1-5-24(31-18(2)27)23(28)17-30-22-13-9-20(10-14-22)25(3,4)19-7-11-21(12-8-19)29-16-6-15-26/h7-14,23-24,28H,5-6,15-17H2,1-4H3. The monoisotopic (exact) mass is 448 g/mol. The molecule has 2 unspecified atom stereocenters. The van der Waals surface area contributed by atoms with E-state index in [1.54, 1.807) is 0 Å². The van der Waals surface area contributed by atoms with Gasteiger partial charge >= 0.3 is 5.97 Å². The summed E-state index contributed by atoms with van der Waals surface area (Å²) in [5, 5.41) is 10.2. The number of hydrogen-bond acceptors (Lipinski definition) is 5. The molecule has 170 valence electrons. The summed E-state index contributed by atoms with van der Waals surface area (Å²) >= 11 is 5.69. The van der Waals surface area contributed by atoms with Gasteiger partial charge in [-0.2, -0.15) is 0 Å². The molecular weight excluding hydrogens is 416 g/mol. The molecule has 0 aliphatic rings. The van der Waals surface area contributed by atoms with Gasteiger partial charge in [-0.15, -0.1) is 11.6 Å². The van der Waals surface area contributed by atoms with Crippen LogP contribution in [0.5, 0.6) is 11.5 Å². The molecule has 31 heavy (non-hydrogen) atoms. The smallest absolute Gasteiger partial charge is 0.302 e. The van der Waals surface area contributed by atoms with Gasteiger partial charge in [0.2, 0.25) is 0 Å². The number of ether oxygens (including phenoxy) is 3. The van der Waals surface area contributed by atoms with Crippen LogP contribution in [-0.4, -0.2) is 42.4 Å². The minimum Gasteiger partial charge on any atom is -0.494 e. The van der Waals surface area contributed by atoms with E-state index in [1.807, 2.05) is 43.3 Å². The zero-order valence-corrected chi connectivity index (χ0v) is 19.5. The van der Waals surface area contributed by atoms with Gasteiger partial charge < -0.3 is 19.3 Å². The Hall–Kier alpha value is -2.24. The van der Waals surface area contributed by atoms with Crippen molar-refractivity contribution >= 4 is 17.6 Å². The second kappa shape index (κ2) is 12.0. The van der Waals surface area contributed by atoms with Crippen LogP contribution in [0.2, 0.25) is 0 Å². The number of aliphatic hydroxyl groups is 1. The van der Waals surface area contributed by atoms with Gasteiger partial charge in [0.1, 0.15) is 30.3 Å². The molecule has 0 saturated heterocycles. The van der Waals surface area contributed by atoms with Crippen molar-refractivity contribution in [2.45, 2.75) is 58.2 Å². The molecule has 2 rings (SSSR count). The maximum absolute atomic E-state index is 11.1. The Balaban J connectivity index is 1.98. The van der Waals surface area contributed by atoms with E-state index in [-0.39, 0.29) is 12.0 Å². The van der Waals surface area contributed by atoms with Crippen LogP contribution in [-0.2, 0) is 14.9 Å². The number of benzene rings is 2. The Labute approximate surface area is 190 Å². The van der Waals surface area contributed by atoms with Crippen LogP contribution in [0.4, 0.5) is 0 Å². The van der Waals surface area contributed by atoms with Gasteiger partial charge in [-0.05, 0) is 48.2 Å². The summed E-state index contributed by atoms with van der Waals surface area (Å²) in [7, 11) is 0. The average molecular weight is 449 g/mol. The second-order valence-corrected chi connectivity index (χ2v) is 8.38. The topological polar surface area (TPSA) is 65.0 Å². The summed E-state index contributed by atoms with van der Waals surface area (Å²) in [6.07, 6.45) is -0.107. The predicted octanol–water partition coefficient (Wildman–Crippen LogP) is 5.10. The van der Waals surface area contributed by atoms with Crippen LogP contribution in [0.25, 0.3) is 0 Å². The highest BCUT2D eigenvalue weighted by molar-refractivity contribution is 6.17. The van der Waals surface area contributed by atoms with Gasteiger partial charge in [0.15, 0.2) is 0 Å². The van der Waals surface area contributed by atoms with E-state index in [1.165, 1.54) is 12.5 Å². The first-order valence-corrected chi connectivity index (χ1v) is 11.2. The minimum absolute atomic E-state index is 0.0553. The first-order valence-electron chi connectivity index (χ1n) is 10.7. The van der Waals surface area contributed by atoms with E-state index >= 15 is 0 Å². The Kier molecular flexibility index (Phi) is 9.66. The average Bonchev–Trinajstić information content (AvgIpc) is 2.76. The number of halogens is 1. The lowest BCUT2D eigenvalue weighted by Gasteiger charge is -2.27. The molecule has 0 spiro atoms. The largest absolute Gasteiger partial charge is 0.494 e. The highest BCUT2D eigenvalue weighted by Crippen LogP contribution is 2.33. The van der Waals surface area contributed by atoms with E-state index in [4.69, 9.17) is 25.8 Å². The molecule has 2 atom stereocenters. The third kappa shape index (κ3) is 7.44. The molecule has 0 bridgehead atoms. The molecule has 2 aromatic carbocycles. The van der Waals surface area contributed by atoms with Crippen LogP contribution >= 0.6 is 11.6 Å². The third-order valence-electron chi connectivity index (χ3n) is 5.27. The molecule has 0 aliphatic carbocycles. The van der Waals surface area contributed by atoms with Crippen molar-refractivity contribution in [3.8, 4) is 11.5 Å². The van der Waals surface area contributed by atoms with E-state index in [9.17, 15) is 9.90 Å². The van der Waals surface area contributed by atoms with E-state index in [2.05, 4.69) is 26.0 Å². The number of rotatable bonds is 12.